The van der Waals surface area contributed by atoms with Crippen LogP contribution in [0.1, 0.15) is 53.5 Å². The van der Waals surface area contributed by atoms with Crippen LogP contribution in [0.3, 0.4) is 0 Å². The fourth-order valence-corrected chi connectivity index (χ4v) is 6.87. The summed E-state index contributed by atoms with van der Waals surface area (Å²) in [4.78, 5) is 17.6. The van der Waals surface area contributed by atoms with Crippen LogP contribution >= 0.6 is 11.3 Å². The monoisotopic (exact) mass is 471 g/mol. The molecule has 8 heteroatoms. The summed E-state index contributed by atoms with van der Waals surface area (Å²) in [7, 11) is -3.61. The van der Waals surface area contributed by atoms with Crippen LogP contribution < -0.4 is 5.32 Å². The summed E-state index contributed by atoms with van der Waals surface area (Å²) >= 11 is 1.68. The van der Waals surface area contributed by atoms with Crippen LogP contribution in [0.25, 0.3) is 10.2 Å². The van der Waals surface area contributed by atoms with E-state index in [1.807, 2.05) is 32.0 Å². The fraction of sp³-hybridized carbons (Fsp3) is 0.417. The van der Waals surface area contributed by atoms with Crippen LogP contribution in [0, 0.1) is 6.92 Å². The highest BCUT2D eigenvalue weighted by Crippen LogP contribution is 2.26. The van der Waals surface area contributed by atoms with Gasteiger partial charge in [-0.05, 0) is 62.9 Å². The van der Waals surface area contributed by atoms with Crippen molar-refractivity contribution >= 4 is 37.5 Å². The molecule has 1 fully saturated rings. The molecule has 3 aromatic rings. The Morgan fingerprint density at radius 1 is 1.22 bits per heavy atom. The van der Waals surface area contributed by atoms with Crippen LogP contribution in [-0.2, 0) is 16.4 Å². The molecule has 0 radical (unpaired) electrons. The van der Waals surface area contributed by atoms with Crippen molar-refractivity contribution in [3.63, 3.8) is 0 Å². The second kappa shape index (κ2) is 9.68. The number of carbonyl (C=O) groups is 1. The largest absolute Gasteiger partial charge is 0.352 e. The number of para-hydroxylation sites is 1. The second-order valence-corrected chi connectivity index (χ2v) is 11.4. The summed E-state index contributed by atoms with van der Waals surface area (Å²) in [5, 5.41) is 4.00. The zero-order valence-corrected chi connectivity index (χ0v) is 20.1. The molecule has 1 unspecified atom stereocenters. The molecule has 0 aliphatic carbocycles. The molecule has 1 atom stereocenters. The lowest BCUT2D eigenvalue weighted by atomic mass is 10.1. The Balaban J connectivity index is 1.39. The zero-order chi connectivity index (χ0) is 22.7. The molecule has 0 bridgehead atoms. The van der Waals surface area contributed by atoms with Crippen LogP contribution in [0.15, 0.2) is 47.4 Å². The Bertz CT molecular complexity index is 1190. The fourth-order valence-electron chi connectivity index (χ4n) is 4.13. The number of rotatable bonds is 7. The van der Waals surface area contributed by atoms with Gasteiger partial charge in [-0.1, -0.05) is 24.6 Å². The molecule has 0 saturated carbocycles. The normalized spacial score (nSPS) is 17.5. The van der Waals surface area contributed by atoms with E-state index in [1.165, 1.54) is 10.8 Å². The predicted molar refractivity (Wildman–Crippen MR) is 129 cm³/mol. The number of amides is 1. The van der Waals surface area contributed by atoms with Crippen molar-refractivity contribution < 1.29 is 13.2 Å². The summed E-state index contributed by atoms with van der Waals surface area (Å²) in [5.74, 6) is -0.240. The highest BCUT2D eigenvalue weighted by atomic mass is 32.2. The highest BCUT2D eigenvalue weighted by Gasteiger charge is 2.31. The van der Waals surface area contributed by atoms with E-state index >= 15 is 0 Å². The Morgan fingerprint density at radius 2 is 2.03 bits per heavy atom. The van der Waals surface area contributed by atoms with Crippen LogP contribution in [0.5, 0.6) is 0 Å². The van der Waals surface area contributed by atoms with Crippen LogP contribution in [-0.4, -0.2) is 42.7 Å². The van der Waals surface area contributed by atoms with Gasteiger partial charge < -0.3 is 5.32 Å². The number of sulfonamides is 1. The van der Waals surface area contributed by atoms with Gasteiger partial charge in [0.15, 0.2) is 0 Å². The van der Waals surface area contributed by atoms with Crippen molar-refractivity contribution in [3.05, 3.63) is 58.6 Å². The lowest BCUT2D eigenvalue weighted by Gasteiger charge is -2.32. The maximum Gasteiger partial charge on any atom is 0.251 e. The lowest BCUT2D eigenvalue weighted by molar-refractivity contribution is 0.0952. The molecule has 2 aromatic carbocycles. The molecule has 1 aliphatic heterocycles. The van der Waals surface area contributed by atoms with Gasteiger partial charge in [-0.15, -0.1) is 11.3 Å². The number of fused-ring (bicyclic) bond motifs is 1. The molecule has 6 nitrogen and oxygen atoms in total. The van der Waals surface area contributed by atoms with Crippen molar-refractivity contribution in [3.8, 4) is 0 Å². The minimum Gasteiger partial charge on any atom is -0.352 e. The molecule has 2 heterocycles. The Labute approximate surface area is 193 Å². The van der Waals surface area contributed by atoms with Gasteiger partial charge in [0.1, 0.15) is 0 Å². The molecule has 4 rings (SSSR count). The van der Waals surface area contributed by atoms with Crippen molar-refractivity contribution in [2.75, 3.05) is 13.1 Å². The van der Waals surface area contributed by atoms with E-state index in [9.17, 15) is 13.2 Å². The standard InChI is InChI=1S/C24H29N3O3S2/c1-17-12-13-19(32(29,30)27-15-6-5-8-18(27)2)16-20(17)24(28)25-14-7-11-23-26-21-9-3-4-10-22(21)31-23/h3-4,9-10,12-13,16,18H,5-8,11,14-15H2,1-2H3,(H,25,28). The number of hydrogen-bond donors (Lipinski definition) is 1. The van der Waals surface area contributed by atoms with Crippen molar-refractivity contribution in [1.29, 1.82) is 0 Å². The van der Waals surface area contributed by atoms with Gasteiger partial charge in [-0.3, -0.25) is 4.79 Å². The predicted octanol–water partition coefficient (Wildman–Crippen LogP) is 4.53. The first kappa shape index (κ1) is 22.9. The van der Waals surface area contributed by atoms with Gasteiger partial charge in [0, 0.05) is 31.1 Å². The van der Waals surface area contributed by atoms with E-state index in [0.717, 1.165) is 48.2 Å². The first-order valence-electron chi connectivity index (χ1n) is 11.1. The topological polar surface area (TPSA) is 79.4 Å². The van der Waals surface area contributed by atoms with E-state index in [0.29, 0.717) is 18.7 Å². The molecular weight excluding hydrogens is 442 g/mol. The van der Waals surface area contributed by atoms with Crippen molar-refractivity contribution in [2.24, 2.45) is 0 Å². The Morgan fingerprint density at radius 3 is 2.81 bits per heavy atom. The molecule has 32 heavy (non-hydrogen) atoms. The number of nitrogens with one attached hydrogen (secondary N) is 1. The summed E-state index contributed by atoms with van der Waals surface area (Å²) in [6.07, 6.45) is 4.35. The average molecular weight is 472 g/mol. The molecule has 1 aromatic heterocycles. The molecule has 170 valence electrons. The number of hydrogen-bond acceptors (Lipinski definition) is 5. The number of benzene rings is 2. The SMILES string of the molecule is Cc1ccc(S(=O)(=O)N2CCCCC2C)cc1C(=O)NCCCc1nc2ccccc2s1. The van der Waals surface area contributed by atoms with Gasteiger partial charge in [-0.2, -0.15) is 4.31 Å². The van der Waals surface area contributed by atoms with Gasteiger partial charge in [0.2, 0.25) is 10.0 Å². The average Bonchev–Trinajstić information content (AvgIpc) is 3.20. The third-order valence-corrected chi connectivity index (χ3v) is 9.10. The number of carbonyl (C=O) groups excluding carboxylic acids is 1. The maximum absolute atomic E-state index is 13.2. The highest BCUT2D eigenvalue weighted by molar-refractivity contribution is 7.89. The van der Waals surface area contributed by atoms with Gasteiger partial charge in [0.05, 0.1) is 20.1 Å². The van der Waals surface area contributed by atoms with Gasteiger partial charge >= 0.3 is 0 Å². The minimum absolute atomic E-state index is 0.0187. The molecule has 1 N–H and O–H groups in total. The van der Waals surface area contributed by atoms with Crippen molar-refractivity contribution in [1.82, 2.24) is 14.6 Å². The number of thiazole rings is 1. The third-order valence-electron chi connectivity index (χ3n) is 5.99. The van der Waals surface area contributed by atoms with Gasteiger partial charge in [-0.25, -0.2) is 13.4 Å². The Kier molecular flexibility index (Phi) is 6.93. The van der Waals surface area contributed by atoms with E-state index in [2.05, 4.69) is 16.4 Å². The molecule has 1 amide bonds. The maximum atomic E-state index is 13.2. The molecule has 1 saturated heterocycles. The zero-order valence-electron chi connectivity index (χ0n) is 18.5. The summed E-state index contributed by atoms with van der Waals surface area (Å²) in [6, 6.07) is 12.9. The molecule has 1 aliphatic rings. The number of piperidine rings is 1. The van der Waals surface area contributed by atoms with E-state index in [1.54, 1.807) is 27.8 Å². The smallest absolute Gasteiger partial charge is 0.251 e. The number of aromatic nitrogens is 1. The third kappa shape index (κ3) is 4.87. The van der Waals surface area contributed by atoms with E-state index in [-0.39, 0.29) is 16.8 Å². The number of aryl methyl sites for hydroxylation is 2. The van der Waals surface area contributed by atoms with Crippen LogP contribution in [0.2, 0.25) is 0 Å². The first-order valence-corrected chi connectivity index (χ1v) is 13.4. The number of nitrogens with zero attached hydrogens (tertiary/aromatic N) is 2. The van der Waals surface area contributed by atoms with Crippen molar-refractivity contribution in [2.45, 2.75) is 56.9 Å². The second-order valence-electron chi connectivity index (χ2n) is 8.37. The first-order chi connectivity index (χ1) is 15.4. The molecule has 0 spiro atoms. The molecular formula is C24H29N3O3S2. The summed E-state index contributed by atoms with van der Waals surface area (Å²) in [5.41, 5.74) is 2.18. The lowest BCUT2D eigenvalue weighted by Crippen LogP contribution is -2.42. The van der Waals surface area contributed by atoms with E-state index < -0.39 is 10.0 Å². The van der Waals surface area contributed by atoms with Crippen LogP contribution in [0.4, 0.5) is 0 Å². The Hall–Kier alpha value is -2.29. The summed E-state index contributed by atoms with van der Waals surface area (Å²) in [6.45, 7) is 4.82. The van der Waals surface area contributed by atoms with E-state index in [4.69, 9.17) is 0 Å². The minimum atomic E-state index is -3.61. The summed E-state index contributed by atoms with van der Waals surface area (Å²) < 4.78 is 29.1. The quantitative estimate of drug-likeness (QED) is 0.514. The van der Waals surface area contributed by atoms with Gasteiger partial charge in [0.25, 0.3) is 5.91 Å².